The highest BCUT2D eigenvalue weighted by Gasteiger charge is 2.34. The van der Waals surface area contributed by atoms with E-state index in [2.05, 4.69) is 5.10 Å². The first-order valence-corrected chi connectivity index (χ1v) is 9.38. The molecule has 1 aromatic carbocycles. The normalized spacial score (nSPS) is 18.8. The molecule has 148 valence electrons. The molecule has 1 aromatic heterocycles. The largest absolute Gasteiger partial charge is 0.497 e. The van der Waals surface area contributed by atoms with E-state index in [4.69, 9.17) is 9.47 Å². The summed E-state index contributed by atoms with van der Waals surface area (Å²) in [6.07, 6.45) is 1.32. The summed E-state index contributed by atoms with van der Waals surface area (Å²) in [6.45, 7) is 2.38. The van der Waals surface area contributed by atoms with Crippen molar-refractivity contribution in [3.8, 4) is 5.75 Å². The van der Waals surface area contributed by atoms with E-state index < -0.39 is 5.97 Å². The zero-order chi connectivity index (χ0) is 19.7. The molecule has 28 heavy (non-hydrogen) atoms. The Labute approximate surface area is 162 Å². The molecule has 0 bridgehead atoms. The Bertz CT molecular complexity index is 884. The molecule has 1 saturated heterocycles. The number of benzene rings is 1. The lowest BCUT2D eigenvalue weighted by molar-refractivity contribution is -0.136. The first-order chi connectivity index (χ1) is 13.6. The van der Waals surface area contributed by atoms with Gasteiger partial charge in [0.25, 0.3) is 0 Å². The number of rotatable bonds is 5. The molecule has 0 radical (unpaired) electrons. The monoisotopic (exact) mass is 385 g/mol. The summed E-state index contributed by atoms with van der Waals surface area (Å²) in [5, 5.41) is 14.0. The van der Waals surface area contributed by atoms with Crippen molar-refractivity contribution in [2.24, 2.45) is 5.92 Å². The van der Waals surface area contributed by atoms with Crippen molar-refractivity contribution in [3.05, 3.63) is 46.8 Å². The van der Waals surface area contributed by atoms with Crippen LogP contribution in [-0.4, -0.2) is 58.5 Å². The van der Waals surface area contributed by atoms with E-state index in [1.807, 2.05) is 24.3 Å². The number of carbonyl (C=O) groups excluding carboxylic acids is 1. The van der Waals surface area contributed by atoms with Gasteiger partial charge in [-0.1, -0.05) is 12.1 Å². The second kappa shape index (κ2) is 7.63. The van der Waals surface area contributed by atoms with Gasteiger partial charge in [0.15, 0.2) is 5.69 Å². The van der Waals surface area contributed by atoms with Gasteiger partial charge >= 0.3 is 5.97 Å². The van der Waals surface area contributed by atoms with Crippen molar-refractivity contribution >= 4 is 11.9 Å². The van der Waals surface area contributed by atoms with Crippen LogP contribution in [0.3, 0.4) is 0 Å². The minimum atomic E-state index is -1.07. The molecule has 8 heteroatoms. The van der Waals surface area contributed by atoms with Crippen LogP contribution < -0.4 is 4.74 Å². The summed E-state index contributed by atoms with van der Waals surface area (Å²) in [5.41, 5.74) is 2.56. The topological polar surface area (TPSA) is 93.9 Å². The maximum atomic E-state index is 12.7. The van der Waals surface area contributed by atoms with E-state index in [0.717, 1.165) is 23.4 Å². The first kappa shape index (κ1) is 18.5. The third-order valence-corrected chi connectivity index (χ3v) is 5.42. The number of nitrogens with zero attached hydrogens (tertiary/aromatic N) is 3. The van der Waals surface area contributed by atoms with Crippen molar-refractivity contribution < 1.29 is 24.2 Å². The quantitative estimate of drug-likeness (QED) is 0.840. The highest BCUT2D eigenvalue weighted by molar-refractivity contribution is 5.88. The zero-order valence-corrected chi connectivity index (χ0v) is 15.8. The van der Waals surface area contributed by atoms with Gasteiger partial charge in [0.05, 0.1) is 26.2 Å². The Morgan fingerprint density at radius 3 is 2.75 bits per heavy atom. The fourth-order valence-corrected chi connectivity index (χ4v) is 3.87. The number of methoxy groups -OCH3 is 1. The van der Waals surface area contributed by atoms with E-state index >= 15 is 0 Å². The Balaban J connectivity index is 1.58. The molecule has 1 N–H and O–H groups in total. The van der Waals surface area contributed by atoms with Gasteiger partial charge in [-0.2, -0.15) is 5.10 Å². The van der Waals surface area contributed by atoms with Gasteiger partial charge in [-0.15, -0.1) is 0 Å². The number of aromatic carboxylic acids is 1. The summed E-state index contributed by atoms with van der Waals surface area (Å²) in [4.78, 5) is 26.2. The molecule has 1 fully saturated rings. The second-order valence-electron chi connectivity index (χ2n) is 7.16. The van der Waals surface area contributed by atoms with Gasteiger partial charge in [-0.05, 0) is 24.1 Å². The number of fused-ring (bicyclic) bond motifs is 1. The van der Waals surface area contributed by atoms with Gasteiger partial charge in [0.1, 0.15) is 5.75 Å². The standard InChI is InChI=1S/C20H23N3O5/c1-27-15-4-2-13(3-5-15)10-23-17-6-8-22(19(24)14-7-9-28-12-14)11-16(17)18(21-23)20(25)26/h2-5,14H,6-12H2,1H3,(H,25,26)/t14-/m1/s1. The van der Waals surface area contributed by atoms with Crippen LogP contribution in [0.4, 0.5) is 0 Å². The average molecular weight is 385 g/mol. The van der Waals surface area contributed by atoms with Crippen molar-refractivity contribution in [2.45, 2.75) is 25.9 Å². The Morgan fingerprint density at radius 1 is 1.32 bits per heavy atom. The van der Waals surface area contributed by atoms with Crippen LogP contribution in [0.25, 0.3) is 0 Å². The zero-order valence-electron chi connectivity index (χ0n) is 15.8. The third-order valence-electron chi connectivity index (χ3n) is 5.42. The number of carboxylic acids is 1. The molecule has 0 unspecified atom stereocenters. The number of hydrogen-bond acceptors (Lipinski definition) is 5. The van der Waals surface area contributed by atoms with Crippen LogP contribution in [0.5, 0.6) is 5.75 Å². The van der Waals surface area contributed by atoms with E-state index in [1.165, 1.54) is 0 Å². The number of amides is 1. The molecule has 2 aromatic rings. The first-order valence-electron chi connectivity index (χ1n) is 9.38. The smallest absolute Gasteiger partial charge is 0.356 e. The van der Waals surface area contributed by atoms with Gasteiger partial charge < -0.3 is 19.5 Å². The van der Waals surface area contributed by atoms with E-state index in [0.29, 0.717) is 38.3 Å². The molecule has 3 heterocycles. The lowest BCUT2D eigenvalue weighted by Gasteiger charge is -2.29. The minimum Gasteiger partial charge on any atom is -0.497 e. The van der Waals surface area contributed by atoms with Crippen molar-refractivity contribution in [2.75, 3.05) is 26.9 Å². The number of hydrogen-bond donors (Lipinski definition) is 1. The van der Waals surface area contributed by atoms with Crippen molar-refractivity contribution in [1.29, 1.82) is 0 Å². The van der Waals surface area contributed by atoms with Crippen LogP contribution in [0.15, 0.2) is 24.3 Å². The molecule has 2 aliphatic rings. The van der Waals surface area contributed by atoms with Gasteiger partial charge in [-0.3, -0.25) is 9.48 Å². The molecule has 2 aliphatic heterocycles. The number of carboxylic acid groups (broad SMARTS) is 1. The van der Waals surface area contributed by atoms with Crippen LogP contribution in [-0.2, 0) is 29.0 Å². The predicted octanol–water partition coefficient (Wildman–Crippen LogP) is 1.56. The minimum absolute atomic E-state index is 0.0312. The molecule has 4 rings (SSSR count). The predicted molar refractivity (Wildman–Crippen MR) is 99.3 cm³/mol. The summed E-state index contributed by atoms with van der Waals surface area (Å²) in [6, 6.07) is 7.61. The van der Waals surface area contributed by atoms with E-state index in [-0.39, 0.29) is 24.1 Å². The lowest BCUT2D eigenvalue weighted by atomic mass is 10.0. The third kappa shape index (κ3) is 3.47. The average Bonchev–Trinajstić information content (AvgIpc) is 3.36. The molecule has 1 atom stereocenters. The molecule has 8 nitrogen and oxygen atoms in total. The second-order valence-corrected chi connectivity index (χ2v) is 7.16. The molecule has 1 amide bonds. The highest BCUT2D eigenvalue weighted by atomic mass is 16.5. The van der Waals surface area contributed by atoms with Crippen LogP contribution in [0, 0.1) is 5.92 Å². The molecule has 0 saturated carbocycles. The lowest BCUT2D eigenvalue weighted by Crippen LogP contribution is -2.40. The Kier molecular flexibility index (Phi) is 5.04. The number of ether oxygens (including phenoxy) is 2. The molecule has 0 aliphatic carbocycles. The fraction of sp³-hybridized carbons (Fsp3) is 0.450. The Morgan fingerprint density at radius 2 is 2.11 bits per heavy atom. The maximum absolute atomic E-state index is 12.7. The van der Waals surface area contributed by atoms with Crippen LogP contribution >= 0.6 is 0 Å². The van der Waals surface area contributed by atoms with Crippen molar-refractivity contribution in [1.82, 2.24) is 14.7 Å². The summed E-state index contributed by atoms with van der Waals surface area (Å²) < 4.78 is 12.2. The number of aromatic nitrogens is 2. The van der Waals surface area contributed by atoms with Crippen LogP contribution in [0.1, 0.15) is 33.7 Å². The summed E-state index contributed by atoms with van der Waals surface area (Å²) in [7, 11) is 1.61. The molecular weight excluding hydrogens is 362 g/mol. The molecule has 0 spiro atoms. The maximum Gasteiger partial charge on any atom is 0.356 e. The summed E-state index contributed by atoms with van der Waals surface area (Å²) in [5.74, 6) is -0.377. The van der Waals surface area contributed by atoms with Gasteiger partial charge in [0.2, 0.25) is 5.91 Å². The van der Waals surface area contributed by atoms with Gasteiger partial charge in [-0.25, -0.2) is 4.79 Å². The van der Waals surface area contributed by atoms with Crippen molar-refractivity contribution in [3.63, 3.8) is 0 Å². The SMILES string of the molecule is COc1ccc(Cn2nc(C(=O)O)c3c2CCN(C(=O)[C@@H]2CCOC2)C3)cc1. The van der Waals surface area contributed by atoms with Crippen LogP contribution in [0.2, 0.25) is 0 Å². The number of carbonyl (C=O) groups is 2. The van der Waals surface area contributed by atoms with Gasteiger partial charge in [0, 0.05) is 37.4 Å². The summed E-state index contributed by atoms with van der Waals surface area (Å²) >= 11 is 0. The molecular formula is C20H23N3O5. The Hall–Kier alpha value is -2.87. The van der Waals surface area contributed by atoms with E-state index in [1.54, 1.807) is 16.7 Å². The fourth-order valence-electron chi connectivity index (χ4n) is 3.87. The highest BCUT2D eigenvalue weighted by Crippen LogP contribution is 2.26. The van der Waals surface area contributed by atoms with E-state index in [9.17, 15) is 14.7 Å².